The van der Waals surface area contributed by atoms with E-state index < -0.39 is 0 Å². The average Bonchev–Trinajstić information content (AvgIpc) is 2.67. The van der Waals surface area contributed by atoms with Gasteiger partial charge in [-0.1, -0.05) is 22.0 Å². The first kappa shape index (κ1) is 11.5. The molecule has 2 heterocycles. The van der Waals surface area contributed by atoms with Gasteiger partial charge >= 0.3 is 0 Å². The Labute approximate surface area is 106 Å². The number of hydrogen-bond acceptors (Lipinski definition) is 3. The van der Waals surface area contributed by atoms with Crippen molar-refractivity contribution in [3.05, 3.63) is 40.3 Å². The fourth-order valence-corrected chi connectivity index (χ4v) is 2.87. The first-order valence-corrected chi connectivity index (χ1v) is 6.84. The van der Waals surface area contributed by atoms with Gasteiger partial charge in [0.15, 0.2) is 0 Å². The van der Waals surface area contributed by atoms with E-state index >= 15 is 0 Å². The first-order valence-electron chi connectivity index (χ1n) is 4.91. The summed E-state index contributed by atoms with van der Waals surface area (Å²) < 4.78 is 1.63. The third-order valence-corrected chi connectivity index (χ3v) is 3.66. The Morgan fingerprint density at radius 3 is 3.12 bits per heavy atom. The van der Waals surface area contributed by atoms with Gasteiger partial charge in [0.2, 0.25) is 0 Å². The number of rotatable bonds is 4. The Kier molecular flexibility index (Phi) is 3.56. The summed E-state index contributed by atoms with van der Waals surface area (Å²) in [7, 11) is 0. The van der Waals surface area contributed by atoms with Crippen LogP contribution in [-0.2, 0) is 13.0 Å². The highest BCUT2D eigenvalue weighted by atomic mass is 79.9. The van der Waals surface area contributed by atoms with Gasteiger partial charge in [0.1, 0.15) is 4.83 Å². The summed E-state index contributed by atoms with van der Waals surface area (Å²) in [5.41, 5.74) is 0.0380. The zero-order valence-electron chi connectivity index (χ0n) is 8.65. The van der Waals surface area contributed by atoms with E-state index in [1.54, 1.807) is 22.2 Å². The molecule has 0 saturated heterocycles. The number of nitrogens with zero attached hydrogens (tertiary/aromatic N) is 2. The van der Waals surface area contributed by atoms with Crippen molar-refractivity contribution in [2.24, 2.45) is 0 Å². The Morgan fingerprint density at radius 2 is 2.44 bits per heavy atom. The number of aromatic nitrogens is 2. The van der Waals surface area contributed by atoms with Crippen LogP contribution < -0.4 is 5.56 Å². The maximum Gasteiger partial charge on any atom is 0.262 e. The van der Waals surface area contributed by atoms with Gasteiger partial charge in [-0.15, -0.1) is 17.9 Å². The van der Waals surface area contributed by atoms with Crippen LogP contribution in [-0.4, -0.2) is 14.9 Å². The van der Waals surface area contributed by atoms with Gasteiger partial charge in [-0.05, 0) is 12.5 Å². The minimum absolute atomic E-state index is 0.0380. The monoisotopic (exact) mass is 298 g/mol. The van der Waals surface area contributed by atoms with Crippen LogP contribution in [0.25, 0.3) is 10.2 Å². The summed E-state index contributed by atoms with van der Waals surface area (Å²) in [6.45, 7) is 4.34. The highest BCUT2D eigenvalue weighted by Crippen LogP contribution is 2.21. The number of thiophene rings is 1. The van der Waals surface area contributed by atoms with Crippen LogP contribution in [0.15, 0.2) is 29.8 Å². The molecule has 2 aromatic heterocycles. The lowest BCUT2D eigenvalue weighted by Crippen LogP contribution is -2.20. The van der Waals surface area contributed by atoms with Gasteiger partial charge in [-0.25, -0.2) is 4.98 Å². The van der Waals surface area contributed by atoms with E-state index in [1.165, 1.54) is 0 Å². The molecule has 0 aromatic carbocycles. The van der Waals surface area contributed by atoms with E-state index in [-0.39, 0.29) is 5.56 Å². The van der Waals surface area contributed by atoms with Crippen molar-refractivity contribution in [3.8, 4) is 0 Å². The van der Waals surface area contributed by atoms with Crippen LogP contribution in [0.5, 0.6) is 0 Å². The highest BCUT2D eigenvalue weighted by molar-refractivity contribution is 9.09. The molecule has 0 aliphatic heterocycles. The zero-order valence-corrected chi connectivity index (χ0v) is 11.1. The summed E-state index contributed by atoms with van der Waals surface area (Å²) in [6.07, 6.45) is 4.24. The van der Waals surface area contributed by atoms with Gasteiger partial charge in [0, 0.05) is 16.8 Å². The van der Waals surface area contributed by atoms with Crippen LogP contribution >= 0.6 is 27.3 Å². The van der Waals surface area contributed by atoms with E-state index in [0.717, 1.165) is 21.5 Å². The summed E-state index contributed by atoms with van der Waals surface area (Å²) in [4.78, 5) is 18.3. The molecule has 2 aromatic rings. The number of allylic oxidation sites excluding steroid dienone is 1. The Balaban J connectivity index is 2.55. The normalized spacial score (nSPS) is 10.8. The molecule has 0 unspecified atom stereocenters. The maximum absolute atomic E-state index is 12.0. The maximum atomic E-state index is 12.0. The molecule has 0 atom stereocenters. The van der Waals surface area contributed by atoms with E-state index in [4.69, 9.17) is 0 Å². The molecule has 3 nitrogen and oxygen atoms in total. The van der Waals surface area contributed by atoms with Gasteiger partial charge < -0.3 is 0 Å². The summed E-state index contributed by atoms with van der Waals surface area (Å²) in [5, 5.41) is 1.47. The predicted octanol–water partition coefficient (Wildman–Crippen LogP) is 2.58. The Morgan fingerprint density at radius 1 is 1.62 bits per heavy atom. The third-order valence-electron chi connectivity index (χ3n) is 2.24. The Hall–Kier alpha value is -0.940. The molecule has 5 heteroatoms. The molecule has 0 N–H and O–H groups in total. The van der Waals surface area contributed by atoms with E-state index in [0.29, 0.717) is 11.9 Å². The van der Waals surface area contributed by atoms with Crippen molar-refractivity contribution in [1.29, 1.82) is 0 Å². The van der Waals surface area contributed by atoms with E-state index in [2.05, 4.69) is 27.5 Å². The van der Waals surface area contributed by atoms with Gasteiger partial charge in [0.05, 0.1) is 11.7 Å². The molecule has 2 rings (SSSR count). The minimum atomic E-state index is 0.0380. The number of hydrogen-bond donors (Lipinski definition) is 0. The second-order valence-corrected chi connectivity index (χ2v) is 5.26. The fraction of sp³-hybridized carbons (Fsp3) is 0.273. The number of halogens is 1. The quantitative estimate of drug-likeness (QED) is 0.642. The number of alkyl halides is 1. The van der Waals surface area contributed by atoms with Crippen molar-refractivity contribution in [1.82, 2.24) is 9.55 Å². The second kappa shape index (κ2) is 4.93. The molecule has 0 saturated carbocycles. The van der Waals surface area contributed by atoms with Crippen molar-refractivity contribution >= 4 is 37.5 Å². The van der Waals surface area contributed by atoms with Crippen LogP contribution in [0.2, 0.25) is 0 Å². The molecule has 0 radical (unpaired) electrons. The Bertz CT molecular complexity index is 573. The van der Waals surface area contributed by atoms with Crippen LogP contribution in [0.1, 0.15) is 4.88 Å². The molecule has 16 heavy (non-hydrogen) atoms. The molecule has 0 bridgehead atoms. The van der Waals surface area contributed by atoms with Crippen molar-refractivity contribution < 1.29 is 0 Å². The standard InChI is InChI=1S/C11H11BrN2OS/c1-2-3-8-6-9-10(16-8)13-7-14(5-4-12)11(9)15/h2,6-7H,1,3-5H2. The lowest BCUT2D eigenvalue weighted by Gasteiger charge is -2.00. The topological polar surface area (TPSA) is 34.9 Å². The lowest BCUT2D eigenvalue weighted by atomic mass is 10.3. The second-order valence-electron chi connectivity index (χ2n) is 3.36. The van der Waals surface area contributed by atoms with Crippen LogP contribution in [0, 0.1) is 0 Å². The number of fused-ring (bicyclic) bond motifs is 1. The molecule has 0 amide bonds. The molecule has 84 valence electrons. The van der Waals surface area contributed by atoms with E-state index in [9.17, 15) is 4.79 Å². The van der Waals surface area contributed by atoms with Crippen molar-refractivity contribution in [3.63, 3.8) is 0 Å². The molecular weight excluding hydrogens is 288 g/mol. The van der Waals surface area contributed by atoms with Crippen molar-refractivity contribution in [2.45, 2.75) is 13.0 Å². The SMILES string of the molecule is C=CCc1cc2c(=O)n(CCBr)cnc2s1. The largest absolute Gasteiger partial charge is 0.298 e. The summed E-state index contributed by atoms with van der Waals surface area (Å²) in [5.74, 6) is 0. The third kappa shape index (κ3) is 2.10. The summed E-state index contributed by atoms with van der Waals surface area (Å²) >= 11 is 4.87. The van der Waals surface area contributed by atoms with Gasteiger partial charge in [0.25, 0.3) is 5.56 Å². The minimum Gasteiger partial charge on any atom is -0.298 e. The smallest absolute Gasteiger partial charge is 0.262 e. The van der Waals surface area contributed by atoms with Crippen molar-refractivity contribution in [2.75, 3.05) is 5.33 Å². The van der Waals surface area contributed by atoms with Crippen LogP contribution in [0.4, 0.5) is 0 Å². The van der Waals surface area contributed by atoms with Gasteiger partial charge in [-0.2, -0.15) is 0 Å². The molecule has 0 aliphatic rings. The average molecular weight is 299 g/mol. The highest BCUT2D eigenvalue weighted by Gasteiger charge is 2.07. The molecule has 0 fully saturated rings. The van der Waals surface area contributed by atoms with Gasteiger partial charge in [-0.3, -0.25) is 9.36 Å². The number of aryl methyl sites for hydroxylation is 1. The predicted molar refractivity (Wildman–Crippen MR) is 71.6 cm³/mol. The van der Waals surface area contributed by atoms with Crippen LogP contribution in [0.3, 0.4) is 0 Å². The molecule has 0 aliphatic carbocycles. The first-order chi connectivity index (χ1) is 7.76. The summed E-state index contributed by atoms with van der Waals surface area (Å²) in [6, 6.07) is 1.92. The zero-order chi connectivity index (χ0) is 11.5. The lowest BCUT2D eigenvalue weighted by molar-refractivity contribution is 0.729. The fourth-order valence-electron chi connectivity index (χ4n) is 1.50. The molecule has 0 spiro atoms. The van der Waals surface area contributed by atoms with E-state index in [1.807, 2.05) is 12.1 Å². The molecular formula is C11H11BrN2OS.